The van der Waals surface area contributed by atoms with Crippen molar-refractivity contribution in [3.05, 3.63) is 4.91 Å². The van der Waals surface area contributed by atoms with E-state index in [-0.39, 0.29) is 11.7 Å². The molecular formula is C7H12N2O4S. The first-order chi connectivity index (χ1) is 6.36. The number of carboxylic acids is 1. The van der Waals surface area contributed by atoms with E-state index in [1.165, 1.54) is 20.9 Å². The summed E-state index contributed by atoms with van der Waals surface area (Å²) in [5.74, 6) is -1.60. The lowest BCUT2D eigenvalue weighted by atomic mass is 10.0. The molecule has 0 aromatic heterocycles. The van der Waals surface area contributed by atoms with Crippen molar-refractivity contribution >= 4 is 23.8 Å². The van der Waals surface area contributed by atoms with Crippen molar-refractivity contribution < 1.29 is 14.7 Å². The summed E-state index contributed by atoms with van der Waals surface area (Å²) in [6, 6.07) is 0. The molecule has 0 aliphatic heterocycles. The van der Waals surface area contributed by atoms with Crippen LogP contribution in [0.3, 0.4) is 0 Å². The van der Waals surface area contributed by atoms with Gasteiger partial charge in [0.15, 0.2) is 0 Å². The Kier molecular flexibility index (Phi) is 4.55. The highest BCUT2D eigenvalue weighted by atomic mass is 32.2. The van der Waals surface area contributed by atoms with Crippen LogP contribution in [-0.2, 0) is 9.59 Å². The van der Waals surface area contributed by atoms with Crippen molar-refractivity contribution in [3.63, 3.8) is 0 Å². The molecule has 14 heavy (non-hydrogen) atoms. The molecule has 0 aliphatic carbocycles. The molecule has 0 aromatic carbocycles. The monoisotopic (exact) mass is 220 g/mol. The summed E-state index contributed by atoms with van der Waals surface area (Å²) >= 11 is 0.584. The summed E-state index contributed by atoms with van der Waals surface area (Å²) in [6.45, 7) is 2.63. The van der Waals surface area contributed by atoms with Crippen molar-refractivity contribution in [3.8, 4) is 0 Å². The molecule has 6 nitrogen and oxygen atoms in total. The van der Waals surface area contributed by atoms with E-state index in [4.69, 9.17) is 5.11 Å². The quantitative estimate of drug-likeness (QED) is 0.545. The highest BCUT2D eigenvalue weighted by Crippen LogP contribution is 2.20. The van der Waals surface area contributed by atoms with Crippen LogP contribution in [-0.4, -0.2) is 40.2 Å². The van der Waals surface area contributed by atoms with Gasteiger partial charge in [0.2, 0.25) is 5.91 Å². The van der Waals surface area contributed by atoms with Gasteiger partial charge in [-0.3, -0.25) is 4.79 Å². The van der Waals surface area contributed by atoms with Crippen molar-refractivity contribution in [2.24, 2.45) is 4.58 Å². The summed E-state index contributed by atoms with van der Waals surface area (Å²) in [4.78, 5) is 32.9. The highest BCUT2D eigenvalue weighted by molar-refractivity contribution is 7.98. The Morgan fingerprint density at radius 1 is 1.57 bits per heavy atom. The second kappa shape index (κ2) is 4.94. The Hall–Kier alpha value is -1.11. The first kappa shape index (κ1) is 12.9. The minimum absolute atomic E-state index is 0.0675. The van der Waals surface area contributed by atoms with Gasteiger partial charge in [-0.25, -0.2) is 4.79 Å². The third kappa shape index (κ3) is 2.69. The van der Waals surface area contributed by atoms with Gasteiger partial charge in [0.1, 0.15) is 5.54 Å². The molecule has 1 atom stereocenters. The van der Waals surface area contributed by atoms with Crippen LogP contribution in [0.1, 0.15) is 13.8 Å². The Labute approximate surface area is 85.8 Å². The molecule has 0 saturated heterocycles. The average molecular weight is 220 g/mol. The molecule has 80 valence electrons. The Bertz CT molecular complexity index is 258. The maximum Gasteiger partial charge on any atom is 0.330 e. The van der Waals surface area contributed by atoms with Crippen LogP contribution in [0.25, 0.3) is 0 Å². The maximum absolute atomic E-state index is 11.0. The number of hydrogen-bond acceptors (Lipinski definition) is 5. The number of aliphatic carboxylic acids is 1. The standard InChI is InChI=1S/C7H12N2O4S/c1-5(10)9(3)7(2,6(11)12)4-14-8-13/h4H2,1-3H3,(H,11,12)/t7-/m0/s1. The van der Waals surface area contributed by atoms with Gasteiger partial charge >= 0.3 is 5.97 Å². The number of nitroso groups, excluding NO2 is 1. The number of nitrogens with zero attached hydrogens (tertiary/aromatic N) is 2. The smallest absolute Gasteiger partial charge is 0.330 e. The molecule has 0 rings (SSSR count). The van der Waals surface area contributed by atoms with Crippen LogP contribution in [0.5, 0.6) is 0 Å². The predicted molar refractivity (Wildman–Crippen MR) is 52.7 cm³/mol. The number of hydrogen-bond donors (Lipinski definition) is 1. The van der Waals surface area contributed by atoms with Gasteiger partial charge in [-0.05, 0) is 6.92 Å². The van der Waals surface area contributed by atoms with E-state index in [0.29, 0.717) is 11.9 Å². The van der Waals surface area contributed by atoms with E-state index in [9.17, 15) is 14.5 Å². The first-order valence-corrected chi connectivity index (χ1v) is 4.73. The lowest BCUT2D eigenvalue weighted by Gasteiger charge is -2.33. The molecule has 0 aromatic rings. The Balaban J connectivity index is 4.78. The minimum Gasteiger partial charge on any atom is -0.479 e. The third-order valence-corrected chi connectivity index (χ3v) is 2.87. The summed E-state index contributed by atoms with van der Waals surface area (Å²) in [5.41, 5.74) is -1.40. The normalized spacial score (nSPS) is 14.2. The number of likely N-dealkylation sites (N-methyl/N-ethyl adjacent to an activating group) is 1. The lowest BCUT2D eigenvalue weighted by molar-refractivity contribution is -0.154. The first-order valence-electron chi connectivity index (χ1n) is 3.78. The van der Waals surface area contributed by atoms with Gasteiger partial charge in [-0.1, -0.05) is 0 Å². The molecule has 0 bridgehead atoms. The van der Waals surface area contributed by atoms with Crippen LogP contribution in [0.2, 0.25) is 0 Å². The van der Waals surface area contributed by atoms with Gasteiger partial charge in [0.05, 0.1) is 5.75 Å². The molecule has 0 fully saturated rings. The van der Waals surface area contributed by atoms with Crippen LogP contribution in [0, 0.1) is 4.91 Å². The van der Waals surface area contributed by atoms with Crippen molar-refractivity contribution in [2.75, 3.05) is 12.8 Å². The number of carbonyl (C=O) groups is 2. The van der Waals surface area contributed by atoms with Gasteiger partial charge in [-0.15, -0.1) is 4.91 Å². The summed E-state index contributed by atoms with van der Waals surface area (Å²) in [7, 11) is 1.38. The van der Waals surface area contributed by atoms with Gasteiger partial charge in [0.25, 0.3) is 0 Å². The van der Waals surface area contributed by atoms with Crippen LogP contribution < -0.4 is 0 Å². The topological polar surface area (TPSA) is 87.0 Å². The predicted octanol–water partition coefficient (Wildman–Crippen LogP) is 0.723. The van der Waals surface area contributed by atoms with Crippen LogP contribution in [0.4, 0.5) is 0 Å². The van der Waals surface area contributed by atoms with Gasteiger partial charge in [0, 0.05) is 30.5 Å². The molecule has 0 aliphatic rings. The second-order valence-electron chi connectivity index (χ2n) is 3.01. The molecule has 0 unspecified atom stereocenters. The zero-order chi connectivity index (χ0) is 11.4. The zero-order valence-electron chi connectivity index (χ0n) is 8.18. The minimum atomic E-state index is -1.40. The van der Waals surface area contributed by atoms with Gasteiger partial charge < -0.3 is 10.0 Å². The Morgan fingerprint density at radius 2 is 2.07 bits per heavy atom. The third-order valence-electron chi connectivity index (χ3n) is 2.07. The van der Waals surface area contributed by atoms with E-state index < -0.39 is 11.5 Å². The maximum atomic E-state index is 11.0. The van der Waals surface area contributed by atoms with E-state index in [2.05, 4.69) is 4.58 Å². The molecule has 1 N–H and O–H groups in total. The molecular weight excluding hydrogens is 208 g/mol. The fraction of sp³-hybridized carbons (Fsp3) is 0.714. The van der Waals surface area contributed by atoms with Gasteiger partial charge in [-0.2, -0.15) is 0 Å². The van der Waals surface area contributed by atoms with E-state index in [0.717, 1.165) is 4.90 Å². The van der Waals surface area contributed by atoms with Crippen molar-refractivity contribution in [1.29, 1.82) is 0 Å². The van der Waals surface area contributed by atoms with E-state index in [1.54, 1.807) is 0 Å². The summed E-state index contributed by atoms with van der Waals surface area (Å²) in [5, 5.41) is 8.93. The molecule has 1 amide bonds. The Morgan fingerprint density at radius 3 is 2.36 bits per heavy atom. The molecule has 0 spiro atoms. The SMILES string of the molecule is CC(=O)N(C)[C@@](C)(CSN=O)C(=O)O. The molecule has 7 heteroatoms. The second-order valence-corrected chi connectivity index (χ2v) is 3.70. The van der Waals surface area contributed by atoms with Crippen molar-refractivity contribution in [2.45, 2.75) is 19.4 Å². The van der Waals surface area contributed by atoms with E-state index >= 15 is 0 Å². The number of amides is 1. The fourth-order valence-electron chi connectivity index (χ4n) is 0.802. The van der Waals surface area contributed by atoms with E-state index in [1.807, 2.05) is 0 Å². The van der Waals surface area contributed by atoms with Crippen molar-refractivity contribution in [1.82, 2.24) is 4.90 Å². The number of rotatable bonds is 5. The number of carboxylic acid groups (broad SMARTS) is 1. The van der Waals surface area contributed by atoms with Crippen LogP contribution in [0.15, 0.2) is 4.58 Å². The zero-order valence-corrected chi connectivity index (χ0v) is 9.00. The lowest BCUT2D eigenvalue weighted by Crippen LogP contribution is -2.54. The van der Waals surface area contributed by atoms with Crippen LogP contribution >= 0.6 is 11.9 Å². The molecule has 0 radical (unpaired) electrons. The molecule has 0 heterocycles. The largest absolute Gasteiger partial charge is 0.479 e. The number of carbonyl (C=O) groups excluding carboxylic acids is 1. The highest BCUT2D eigenvalue weighted by Gasteiger charge is 2.39. The fourth-order valence-corrected chi connectivity index (χ4v) is 1.42. The summed E-state index contributed by atoms with van der Waals surface area (Å²) in [6.07, 6.45) is 0. The average Bonchev–Trinajstić information content (AvgIpc) is 2.12. The summed E-state index contributed by atoms with van der Waals surface area (Å²) < 4.78 is 2.51. The molecule has 0 saturated carbocycles.